The van der Waals surface area contributed by atoms with Crippen molar-refractivity contribution in [3.63, 3.8) is 0 Å². The van der Waals surface area contributed by atoms with Crippen LogP contribution < -0.4 is 4.74 Å². The Labute approximate surface area is 174 Å². The van der Waals surface area contributed by atoms with Gasteiger partial charge < -0.3 is 24.9 Å². The zero-order valence-corrected chi connectivity index (χ0v) is 16.7. The van der Waals surface area contributed by atoms with Crippen LogP contribution in [0.3, 0.4) is 0 Å². The van der Waals surface area contributed by atoms with Gasteiger partial charge in [-0.1, -0.05) is 28.9 Å². The third-order valence-electron chi connectivity index (χ3n) is 5.45. The smallest absolute Gasteiger partial charge is 0.306 e. The Hall–Kier alpha value is -2.09. The van der Waals surface area contributed by atoms with E-state index in [4.69, 9.17) is 26.3 Å². The van der Waals surface area contributed by atoms with Crippen LogP contribution in [0.2, 0.25) is 5.02 Å². The maximum absolute atomic E-state index is 10.5. The fraction of sp³-hybridized carbons (Fsp3) is 0.524. The number of ether oxygens (including phenoxy) is 1. The molecule has 5 atom stereocenters. The summed E-state index contributed by atoms with van der Waals surface area (Å²) < 4.78 is 5.54. The largest absolute Gasteiger partial charge is 0.491 e. The number of carbonyl (C=O) groups is 1. The predicted molar refractivity (Wildman–Crippen MR) is 108 cm³/mol. The molecule has 2 aliphatic carbocycles. The molecule has 3 N–H and O–H groups in total. The number of aliphatic hydroxyl groups excluding tert-OH is 2. The molecule has 29 heavy (non-hydrogen) atoms. The molecular formula is C21H26ClNO6. The van der Waals surface area contributed by atoms with Crippen LogP contribution in [-0.4, -0.2) is 52.4 Å². The molecule has 0 heterocycles. The van der Waals surface area contributed by atoms with Gasteiger partial charge in [-0.05, 0) is 55.4 Å². The number of halogens is 1. The summed E-state index contributed by atoms with van der Waals surface area (Å²) in [7, 11) is 0. The van der Waals surface area contributed by atoms with Gasteiger partial charge in [-0.2, -0.15) is 0 Å². The number of rotatable bonds is 9. The van der Waals surface area contributed by atoms with E-state index in [0.29, 0.717) is 29.5 Å². The molecule has 158 valence electrons. The zero-order valence-electron chi connectivity index (χ0n) is 16.0. The van der Waals surface area contributed by atoms with Gasteiger partial charge in [-0.25, -0.2) is 0 Å². The SMILES string of the molecule is O=C(O)CCON=C1C[C@H]2C[C@@H](O)[C@H](C=CC(O)COc3ccc(Cl)cc3)[C@@H]2C1. The molecule has 2 fully saturated rings. The van der Waals surface area contributed by atoms with Crippen molar-refractivity contribution in [2.75, 3.05) is 13.2 Å². The molecule has 8 heteroatoms. The van der Waals surface area contributed by atoms with E-state index in [0.717, 1.165) is 12.1 Å². The Kier molecular flexibility index (Phi) is 7.52. The summed E-state index contributed by atoms with van der Waals surface area (Å²) in [5.41, 5.74) is 0.905. The van der Waals surface area contributed by atoms with E-state index < -0.39 is 18.2 Å². The number of hydrogen-bond donors (Lipinski definition) is 3. The van der Waals surface area contributed by atoms with E-state index in [9.17, 15) is 15.0 Å². The van der Waals surface area contributed by atoms with Gasteiger partial charge in [0.25, 0.3) is 0 Å². The number of nitrogens with zero attached hydrogens (tertiary/aromatic N) is 1. The van der Waals surface area contributed by atoms with Gasteiger partial charge in [-0.15, -0.1) is 0 Å². The maximum atomic E-state index is 10.5. The van der Waals surface area contributed by atoms with Crippen molar-refractivity contribution in [1.29, 1.82) is 0 Å². The molecule has 1 aromatic carbocycles. The maximum Gasteiger partial charge on any atom is 0.306 e. The lowest BCUT2D eigenvalue weighted by Crippen LogP contribution is -2.20. The van der Waals surface area contributed by atoms with Crippen LogP contribution in [-0.2, 0) is 9.63 Å². The second kappa shape index (κ2) is 10.1. The van der Waals surface area contributed by atoms with Crippen molar-refractivity contribution in [2.45, 2.75) is 37.9 Å². The fourth-order valence-corrected chi connectivity index (χ4v) is 4.20. The summed E-state index contributed by atoms with van der Waals surface area (Å²) in [5, 5.41) is 33.9. The Morgan fingerprint density at radius 1 is 1.31 bits per heavy atom. The minimum atomic E-state index is -0.916. The first kappa shape index (κ1) is 21.6. The molecule has 0 aliphatic heterocycles. The normalized spacial score (nSPS) is 28.6. The second-order valence-electron chi connectivity index (χ2n) is 7.56. The topological polar surface area (TPSA) is 109 Å². The van der Waals surface area contributed by atoms with Crippen molar-refractivity contribution >= 4 is 23.3 Å². The monoisotopic (exact) mass is 423 g/mol. The minimum absolute atomic E-state index is 0.0555. The van der Waals surface area contributed by atoms with Crippen LogP contribution in [0, 0.1) is 17.8 Å². The molecule has 3 rings (SSSR count). The van der Waals surface area contributed by atoms with Crippen molar-refractivity contribution in [2.24, 2.45) is 22.9 Å². The van der Waals surface area contributed by atoms with E-state index in [2.05, 4.69) is 5.16 Å². The van der Waals surface area contributed by atoms with Crippen molar-refractivity contribution in [3.05, 3.63) is 41.4 Å². The van der Waals surface area contributed by atoms with Crippen LogP contribution >= 0.6 is 11.6 Å². The summed E-state index contributed by atoms with van der Waals surface area (Å²) in [6.45, 7) is 0.166. The van der Waals surface area contributed by atoms with Crippen molar-refractivity contribution in [3.8, 4) is 5.75 Å². The van der Waals surface area contributed by atoms with Gasteiger partial charge in [0.05, 0.1) is 18.2 Å². The van der Waals surface area contributed by atoms with Gasteiger partial charge in [-0.3, -0.25) is 4.79 Å². The van der Waals surface area contributed by atoms with E-state index in [1.54, 1.807) is 30.3 Å². The number of aliphatic carboxylic acids is 1. The number of fused-ring (bicyclic) bond motifs is 1. The molecule has 0 bridgehead atoms. The molecule has 0 aromatic heterocycles. The van der Waals surface area contributed by atoms with Crippen molar-refractivity contribution < 1.29 is 29.7 Å². The van der Waals surface area contributed by atoms with Crippen molar-refractivity contribution in [1.82, 2.24) is 0 Å². The number of carboxylic acids is 1. The number of aliphatic hydroxyl groups is 2. The molecule has 0 spiro atoms. The fourth-order valence-electron chi connectivity index (χ4n) is 4.08. The molecule has 0 radical (unpaired) electrons. The summed E-state index contributed by atoms with van der Waals surface area (Å²) in [6.07, 6.45) is 4.38. The van der Waals surface area contributed by atoms with Gasteiger partial charge in [0.1, 0.15) is 25.1 Å². The number of carboxylic acid groups (broad SMARTS) is 1. The van der Waals surface area contributed by atoms with Gasteiger partial charge in [0.15, 0.2) is 0 Å². The summed E-state index contributed by atoms with van der Waals surface area (Å²) in [4.78, 5) is 15.6. The Bertz CT molecular complexity index is 750. The number of oxime groups is 1. The van der Waals surface area contributed by atoms with E-state index in [-0.39, 0.29) is 31.5 Å². The van der Waals surface area contributed by atoms with Gasteiger partial charge >= 0.3 is 5.97 Å². The Morgan fingerprint density at radius 2 is 2.07 bits per heavy atom. The van der Waals surface area contributed by atoms with E-state index in [1.165, 1.54) is 0 Å². The standard InChI is InChI=1S/C21H26ClNO6/c22-14-1-4-17(5-2-14)28-12-16(24)3-6-18-19-11-15(9-13(19)10-20(18)25)23-29-8-7-21(26)27/h1-6,13,16,18-20,24-25H,7-12H2,(H,26,27)/t13-,16?,18+,19+,20+/m0/s1. The average Bonchev–Trinajstić information content (AvgIpc) is 3.19. The molecule has 7 nitrogen and oxygen atoms in total. The lowest BCUT2D eigenvalue weighted by atomic mass is 9.90. The zero-order chi connectivity index (χ0) is 20.8. The number of hydrogen-bond acceptors (Lipinski definition) is 6. The molecule has 1 aromatic rings. The highest BCUT2D eigenvalue weighted by molar-refractivity contribution is 6.30. The molecule has 0 amide bonds. The molecule has 2 aliphatic rings. The molecule has 2 saturated carbocycles. The quantitative estimate of drug-likeness (QED) is 0.320. The first-order chi connectivity index (χ1) is 13.9. The summed E-state index contributed by atoms with van der Waals surface area (Å²) in [5.74, 6) is 0.219. The van der Waals surface area contributed by atoms with Gasteiger partial charge in [0.2, 0.25) is 0 Å². The number of benzene rings is 1. The van der Waals surface area contributed by atoms with E-state index in [1.807, 2.05) is 6.08 Å². The molecule has 1 unspecified atom stereocenters. The second-order valence-corrected chi connectivity index (χ2v) is 8.00. The summed E-state index contributed by atoms with van der Waals surface area (Å²) >= 11 is 5.83. The lowest BCUT2D eigenvalue weighted by Gasteiger charge is -2.17. The highest BCUT2D eigenvalue weighted by Crippen LogP contribution is 2.47. The highest BCUT2D eigenvalue weighted by Gasteiger charge is 2.46. The van der Waals surface area contributed by atoms with Crippen LogP contribution in [0.25, 0.3) is 0 Å². The predicted octanol–water partition coefficient (Wildman–Crippen LogP) is 2.89. The molecular weight excluding hydrogens is 398 g/mol. The first-order valence-electron chi connectivity index (χ1n) is 9.74. The average molecular weight is 424 g/mol. The molecule has 0 saturated heterocycles. The van der Waals surface area contributed by atoms with Crippen LogP contribution in [0.5, 0.6) is 5.75 Å². The highest BCUT2D eigenvalue weighted by atomic mass is 35.5. The minimum Gasteiger partial charge on any atom is -0.491 e. The lowest BCUT2D eigenvalue weighted by molar-refractivity contribution is -0.138. The Balaban J connectivity index is 1.48. The van der Waals surface area contributed by atoms with Gasteiger partial charge in [0, 0.05) is 10.9 Å². The van der Waals surface area contributed by atoms with Crippen LogP contribution in [0.1, 0.15) is 25.7 Å². The first-order valence-corrected chi connectivity index (χ1v) is 10.1. The van der Waals surface area contributed by atoms with E-state index >= 15 is 0 Å². The third kappa shape index (κ3) is 6.19. The van der Waals surface area contributed by atoms with Crippen LogP contribution in [0.4, 0.5) is 0 Å². The third-order valence-corrected chi connectivity index (χ3v) is 5.70. The summed E-state index contributed by atoms with van der Waals surface area (Å²) in [6, 6.07) is 6.92. The van der Waals surface area contributed by atoms with Crippen LogP contribution in [0.15, 0.2) is 41.6 Å². The Morgan fingerprint density at radius 3 is 2.79 bits per heavy atom.